The van der Waals surface area contributed by atoms with E-state index in [1.807, 2.05) is 30.3 Å². The Balaban J connectivity index is 2.71. The van der Waals surface area contributed by atoms with Crippen molar-refractivity contribution in [2.24, 2.45) is 0 Å². The molecule has 0 heterocycles. The van der Waals surface area contributed by atoms with E-state index in [0.717, 1.165) is 24.8 Å². The zero-order chi connectivity index (χ0) is 18.0. The van der Waals surface area contributed by atoms with Crippen LogP contribution in [0.1, 0.15) is 45.6 Å². The largest absolute Gasteiger partial charge is 0.358 e. The minimum Gasteiger partial charge on any atom is -0.358 e. The van der Waals surface area contributed by atoms with Gasteiger partial charge in [0.15, 0.2) is 5.11 Å². The molecule has 0 bridgehead atoms. The molecule has 4 nitrogen and oxygen atoms in total. The average molecular weight is 389 g/mol. The van der Waals surface area contributed by atoms with Gasteiger partial charge in [-0.15, -0.1) is 0 Å². The maximum absolute atomic E-state index is 13.3. The summed E-state index contributed by atoms with van der Waals surface area (Å²) in [6, 6.07) is 10.0. The van der Waals surface area contributed by atoms with Gasteiger partial charge >= 0.3 is 6.72 Å². The summed E-state index contributed by atoms with van der Waals surface area (Å²) in [6.45, 7) is 4.29. The molecule has 0 amide bonds. The van der Waals surface area contributed by atoms with Gasteiger partial charge in [-0.25, -0.2) is 0 Å². The monoisotopic (exact) mass is 388 g/mol. The van der Waals surface area contributed by atoms with Crippen molar-refractivity contribution >= 4 is 35.4 Å². The molecule has 0 aromatic heterocycles. The number of unbranched alkanes of at least 4 members (excludes halogenated alkanes) is 1. The second-order valence-corrected chi connectivity index (χ2v) is 10.9. The molecule has 136 valence electrons. The summed E-state index contributed by atoms with van der Waals surface area (Å²) in [4.78, 5) is 0. The lowest BCUT2D eigenvalue weighted by molar-refractivity contribution is 0.297. The van der Waals surface area contributed by atoms with Crippen LogP contribution in [0.15, 0.2) is 30.3 Å². The first-order valence-electron chi connectivity index (χ1n) is 8.41. The van der Waals surface area contributed by atoms with E-state index < -0.39 is 6.72 Å². The maximum atomic E-state index is 13.3. The number of benzene rings is 1. The summed E-state index contributed by atoms with van der Waals surface area (Å²) in [6.07, 6.45) is 2.83. The third-order valence-electron chi connectivity index (χ3n) is 3.59. The summed E-state index contributed by atoms with van der Waals surface area (Å²) in [5.41, 5.74) is 1.13. The zero-order valence-corrected chi connectivity index (χ0v) is 17.6. The Kier molecular flexibility index (Phi) is 9.98. The van der Waals surface area contributed by atoms with Crippen LogP contribution in [0, 0.1) is 0 Å². The van der Waals surface area contributed by atoms with Gasteiger partial charge in [0.2, 0.25) is 0 Å². The van der Waals surface area contributed by atoms with E-state index in [1.54, 1.807) is 11.7 Å². The third kappa shape index (κ3) is 7.14. The van der Waals surface area contributed by atoms with E-state index in [-0.39, 0.29) is 5.25 Å². The Labute approximate surface area is 156 Å². The molecule has 0 saturated heterocycles. The fourth-order valence-electron chi connectivity index (χ4n) is 1.81. The number of hydrogen-bond donors (Lipinski definition) is 1. The van der Waals surface area contributed by atoms with Crippen LogP contribution in [0.2, 0.25) is 0 Å². The quantitative estimate of drug-likeness (QED) is 0.327. The van der Waals surface area contributed by atoms with Crippen molar-refractivity contribution in [1.82, 2.24) is 9.99 Å². The Morgan fingerprint density at radius 2 is 2.04 bits per heavy atom. The van der Waals surface area contributed by atoms with Gasteiger partial charge in [-0.2, -0.15) is 0 Å². The van der Waals surface area contributed by atoms with E-state index in [1.165, 1.54) is 11.4 Å². The standard InChI is InChI=1S/C17H29N2O2PS2/c1-5-7-13-21-22(20,24-15(3)6-2)19(4)17(23)18-14-16-11-9-8-10-12-16/h8-12,15H,5-7,13-14H2,1-4H3,(H,18,23). The lowest BCUT2D eigenvalue weighted by atomic mass is 10.2. The molecule has 2 unspecified atom stereocenters. The van der Waals surface area contributed by atoms with Crippen molar-refractivity contribution in [2.75, 3.05) is 13.7 Å². The molecule has 1 N–H and O–H groups in total. The minimum atomic E-state index is -3.04. The molecular weight excluding hydrogens is 359 g/mol. The van der Waals surface area contributed by atoms with Crippen molar-refractivity contribution in [2.45, 2.75) is 51.8 Å². The van der Waals surface area contributed by atoms with E-state index in [0.29, 0.717) is 18.3 Å². The van der Waals surface area contributed by atoms with Crippen molar-refractivity contribution in [1.29, 1.82) is 0 Å². The second-order valence-electron chi connectivity index (χ2n) is 5.65. The Bertz CT molecular complexity index is 543. The number of rotatable bonds is 10. The summed E-state index contributed by atoms with van der Waals surface area (Å²) in [5, 5.41) is 3.88. The smallest absolute Gasteiger partial charge is 0.355 e. The molecule has 0 aliphatic carbocycles. The molecule has 1 rings (SSSR count). The van der Waals surface area contributed by atoms with Crippen LogP contribution in [0.5, 0.6) is 0 Å². The van der Waals surface area contributed by atoms with Gasteiger partial charge in [-0.05, 0) is 42.0 Å². The number of nitrogens with one attached hydrogen (secondary N) is 1. The lowest BCUT2D eigenvalue weighted by Gasteiger charge is -2.30. The van der Waals surface area contributed by atoms with Crippen LogP contribution >= 0.6 is 30.3 Å². The minimum absolute atomic E-state index is 0.247. The topological polar surface area (TPSA) is 41.6 Å². The molecule has 0 radical (unpaired) electrons. The predicted molar refractivity (Wildman–Crippen MR) is 109 cm³/mol. The highest BCUT2D eigenvalue weighted by Gasteiger charge is 2.33. The lowest BCUT2D eigenvalue weighted by Crippen LogP contribution is -2.34. The molecule has 0 spiro atoms. The van der Waals surface area contributed by atoms with Gasteiger partial charge in [0.05, 0.1) is 6.61 Å². The Hall–Kier alpha value is -0.550. The Morgan fingerprint density at radius 1 is 1.38 bits per heavy atom. The number of hydrogen-bond acceptors (Lipinski definition) is 4. The SMILES string of the molecule is CCCCOP(=O)(SC(C)CC)N(C)C(=S)NCc1ccccc1. The van der Waals surface area contributed by atoms with E-state index in [9.17, 15) is 4.57 Å². The summed E-state index contributed by atoms with van der Waals surface area (Å²) in [7, 11) is 1.75. The zero-order valence-electron chi connectivity index (χ0n) is 15.0. The number of thiocarbonyl (C=S) groups is 1. The summed E-state index contributed by atoms with van der Waals surface area (Å²) in [5.74, 6) is 0. The maximum Gasteiger partial charge on any atom is 0.355 e. The van der Waals surface area contributed by atoms with Crippen molar-refractivity contribution in [3.8, 4) is 0 Å². The molecule has 2 atom stereocenters. The van der Waals surface area contributed by atoms with Crippen molar-refractivity contribution < 1.29 is 9.09 Å². The van der Waals surface area contributed by atoms with Gasteiger partial charge in [0.1, 0.15) is 0 Å². The summed E-state index contributed by atoms with van der Waals surface area (Å²) < 4.78 is 20.8. The highest BCUT2D eigenvalue weighted by Crippen LogP contribution is 2.63. The highest BCUT2D eigenvalue weighted by atomic mass is 32.7. The normalized spacial score (nSPS) is 14.7. The third-order valence-corrected chi connectivity index (χ3v) is 9.48. The van der Waals surface area contributed by atoms with Gasteiger partial charge in [0.25, 0.3) is 0 Å². The van der Waals surface area contributed by atoms with Crippen LogP contribution in [0.25, 0.3) is 0 Å². The van der Waals surface area contributed by atoms with Gasteiger partial charge in [-0.1, -0.05) is 57.5 Å². The molecule has 0 fully saturated rings. The molecule has 1 aromatic carbocycles. The van der Waals surface area contributed by atoms with Crippen molar-refractivity contribution in [3.05, 3.63) is 35.9 Å². The van der Waals surface area contributed by atoms with Crippen LogP contribution in [0.4, 0.5) is 0 Å². The van der Waals surface area contributed by atoms with Gasteiger partial charge in [-0.3, -0.25) is 9.24 Å². The van der Waals surface area contributed by atoms with Gasteiger partial charge < -0.3 is 9.84 Å². The molecule has 7 heteroatoms. The first kappa shape index (κ1) is 21.5. The number of nitrogens with zero attached hydrogens (tertiary/aromatic N) is 1. The predicted octanol–water partition coefficient (Wildman–Crippen LogP) is 5.45. The first-order chi connectivity index (χ1) is 11.4. The van der Waals surface area contributed by atoms with E-state index in [4.69, 9.17) is 16.7 Å². The fraction of sp³-hybridized carbons (Fsp3) is 0.588. The summed E-state index contributed by atoms with van der Waals surface area (Å²) >= 11 is 6.83. The van der Waals surface area contributed by atoms with E-state index in [2.05, 4.69) is 26.1 Å². The van der Waals surface area contributed by atoms with Crippen LogP contribution in [0.3, 0.4) is 0 Å². The van der Waals surface area contributed by atoms with Crippen LogP contribution in [-0.4, -0.2) is 28.7 Å². The van der Waals surface area contributed by atoms with Crippen LogP contribution < -0.4 is 5.32 Å². The molecule has 0 saturated carbocycles. The molecule has 24 heavy (non-hydrogen) atoms. The van der Waals surface area contributed by atoms with Crippen molar-refractivity contribution in [3.63, 3.8) is 0 Å². The van der Waals surface area contributed by atoms with Crippen LogP contribution in [-0.2, 0) is 15.6 Å². The van der Waals surface area contributed by atoms with Gasteiger partial charge in [0, 0.05) is 18.8 Å². The Morgan fingerprint density at radius 3 is 2.62 bits per heavy atom. The molecule has 0 aliphatic heterocycles. The second kappa shape index (κ2) is 11.1. The molecule has 1 aromatic rings. The fourth-order valence-corrected chi connectivity index (χ4v) is 6.88. The highest BCUT2D eigenvalue weighted by molar-refractivity contribution is 8.56. The van der Waals surface area contributed by atoms with E-state index >= 15 is 0 Å². The average Bonchev–Trinajstić information content (AvgIpc) is 2.60. The molecule has 0 aliphatic rings. The first-order valence-corrected chi connectivity index (χ1v) is 11.9. The molecular formula is C17H29N2O2PS2.